The summed E-state index contributed by atoms with van der Waals surface area (Å²) in [5.41, 5.74) is 1.18. The van der Waals surface area contributed by atoms with Crippen LogP contribution in [0, 0.1) is 0 Å². The Morgan fingerprint density at radius 1 is 1.29 bits per heavy atom. The number of amides is 1. The van der Waals surface area contributed by atoms with Crippen LogP contribution in [0.15, 0.2) is 69.5 Å². The number of hydrogen-bond donors (Lipinski definition) is 1. The molecule has 1 aromatic heterocycles. The molecule has 38 heavy (non-hydrogen) atoms. The van der Waals surface area contributed by atoms with Gasteiger partial charge in [-0.2, -0.15) is 0 Å². The van der Waals surface area contributed by atoms with Gasteiger partial charge in [0.15, 0.2) is 5.78 Å². The number of aliphatic hydroxyl groups is 1. The summed E-state index contributed by atoms with van der Waals surface area (Å²) >= 11 is 11.4. The Kier molecular flexibility index (Phi) is 9.64. The molecule has 1 aliphatic rings. The van der Waals surface area contributed by atoms with Gasteiger partial charge >= 0.3 is 6.09 Å². The van der Waals surface area contributed by atoms with E-state index in [1.807, 2.05) is 24.3 Å². The average Bonchev–Trinajstić information content (AvgIpc) is 2.90. The van der Waals surface area contributed by atoms with E-state index in [1.54, 1.807) is 12.1 Å². The second-order valence-corrected chi connectivity index (χ2v) is 11.3. The van der Waals surface area contributed by atoms with Crippen molar-refractivity contribution in [2.24, 2.45) is 0 Å². The van der Waals surface area contributed by atoms with Gasteiger partial charge in [-0.25, -0.2) is 9.78 Å². The summed E-state index contributed by atoms with van der Waals surface area (Å²) < 4.78 is 7.36. The van der Waals surface area contributed by atoms with Crippen LogP contribution in [0.5, 0.6) is 0 Å². The summed E-state index contributed by atoms with van der Waals surface area (Å²) in [6, 6.07) is 10.6. The zero-order valence-electron chi connectivity index (χ0n) is 20.5. The topological polar surface area (TPSA) is 102 Å². The van der Waals surface area contributed by atoms with Crippen LogP contribution in [0.2, 0.25) is 5.02 Å². The average molecular weight is 621 g/mol. The maximum atomic E-state index is 13.3. The fourth-order valence-electron chi connectivity index (χ4n) is 4.34. The predicted octanol–water partition coefficient (Wildman–Crippen LogP) is 5.21. The van der Waals surface area contributed by atoms with Crippen molar-refractivity contribution in [1.82, 2.24) is 14.5 Å². The van der Waals surface area contributed by atoms with Crippen molar-refractivity contribution < 1.29 is 19.4 Å². The Balaban J connectivity index is 1.49. The minimum absolute atomic E-state index is 0.0394. The molecule has 3 aromatic rings. The predicted molar refractivity (Wildman–Crippen MR) is 152 cm³/mol. The lowest BCUT2D eigenvalue weighted by Crippen LogP contribution is -2.52. The number of ketones is 1. The lowest BCUT2D eigenvalue weighted by atomic mass is 9.95. The molecule has 0 radical (unpaired) electrons. The first kappa shape index (κ1) is 28.4. The van der Waals surface area contributed by atoms with E-state index in [2.05, 4.69) is 27.5 Å². The molecule has 0 unspecified atom stereocenters. The molecule has 1 saturated heterocycles. The van der Waals surface area contributed by atoms with Crippen LogP contribution in [-0.4, -0.2) is 56.7 Å². The highest BCUT2D eigenvalue weighted by atomic mass is 79.9. The van der Waals surface area contributed by atoms with Gasteiger partial charge in [-0.15, -0.1) is 11.8 Å². The van der Waals surface area contributed by atoms with E-state index in [-0.39, 0.29) is 30.9 Å². The van der Waals surface area contributed by atoms with Gasteiger partial charge in [0.25, 0.3) is 5.56 Å². The fourth-order valence-corrected chi connectivity index (χ4v) is 5.83. The number of ether oxygens (including phenoxy) is 1. The number of halogens is 2. The minimum atomic E-state index is -0.858. The summed E-state index contributed by atoms with van der Waals surface area (Å²) in [6.07, 6.45) is 2.29. The SMILES string of the molecule is C=CCOC(=O)N1CCC[C@H](O)[C@H]1CC(=O)Cn1cnc2cc(Cl)c(SCc3ccc(Br)cc3)cc2c1=O. The van der Waals surface area contributed by atoms with E-state index in [0.29, 0.717) is 41.1 Å². The van der Waals surface area contributed by atoms with Crippen LogP contribution < -0.4 is 5.56 Å². The number of rotatable bonds is 9. The zero-order chi connectivity index (χ0) is 27.2. The van der Waals surface area contributed by atoms with Crippen LogP contribution in [0.3, 0.4) is 0 Å². The quantitative estimate of drug-likeness (QED) is 0.259. The van der Waals surface area contributed by atoms with E-state index in [9.17, 15) is 19.5 Å². The number of likely N-dealkylation sites (tertiary alicyclic amines) is 1. The zero-order valence-corrected chi connectivity index (χ0v) is 23.7. The summed E-state index contributed by atoms with van der Waals surface area (Å²) in [6.45, 7) is 3.71. The molecule has 1 amide bonds. The van der Waals surface area contributed by atoms with Crippen LogP contribution in [0.1, 0.15) is 24.8 Å². The third-order valence-corrected chi connectivity index (χ3v) is 8.35. The van der Waals surface area contributed by atoms with E-state index in [0.717, 1.165) is 14.9 Å². The number of carbonyl (C=O) groups excluding carboxylic acids is 2. The monoisotopic (exact) mass is 619 g/mol. The standard InChI is InChI=1S/C27H27BrClN3O5S/c1-2-10-37-27(36)32-9-3-4-24(34)23(32)11-19(33)14-31-16-30-22-13-21(29)25(12-20(22)26(31)35)38-15-17-5-7-18(28)8-6-17/h2,5-8,12-13,16,23-24,34H,1,3-4,9-11,14-15H2/t23-,24+/m1/s1. The lowest BCUT2D eigenvalue weighted by Gasteiger charge is -2.37. The van der Waals surface area contributed by atoms with Crippen molar-refractivity contribution in [2.45, 2.75) is 48.6 Å². The molecule has 2 aromatic carbocycles. The number of piperidine rings is 1. The summed E-state index contributed by atoms with van der Waals surface area (Å²) in [5, 5.41) is 11.4. The molecule has 1 fully saturated rings. The molecule has 8 nitrogen and oxygen atoms in total. The Morgan fingerprint density at radius 3 is 2.79 bits per heavy atom. The molecule has 11 heteroatoms. The highest BCUT2D eigenvalue weighted by Gasteiger charge is 2.35. The molecule has 4 rings (SSSR count). The van der Waals surface area contributed by atoms with Gasteiger partial charge in [-0.05, 0) is 42.7 Å². The van der Waals surface area contributed by atoms with Gasteiger partial charge in [-0.1, -0.05) is 52.3 Å². The number of aliphatic hydroxyl groups excluding tert-OH is 1. The molecule has 2 atom stereocenters. The summed E-state index contributed by atoms with van der Waals surface area (Å²) in [4.78, 5) is 45.1. The minimum Gasteiger partial charge on any atom is -0.445 e. The molecular weight excluding hydrogens is 594 g/mol. The number of nitrogens with zero attached hydrogens (tertiary/aromatic N) is 3. The van der Waals surface area contributed by atoms with E-state index < -0.39 is 18.2 Å². The molecule has 0 spiro atoms. The third kappa shape index (κ3) is 6.85. The van der Waals surface area contributed by atoms with Crippen molar-refractivity contribution >= 4 is 62.1 Å². The number of benzene rings is 2. The Labute approximate surface area is 237 Å². The molecule has 0 aliphatic carbocycles. The molecule has 1 N–H and O–H groups in total. The van der Waals surface area contributed by atoms with Gasteiger partial charge in [0.05, 0.1) is 40.9 Å². The first-order chi connectivity index (χ1) is 18.3. The fraction of sp³-hybridized carbons (Fsp3) is 0.333. The van der Waals surface area contributed by atoms with Gasteiger partial charge in [0, 0.05) is 28.1 Å². The van der Waals surface area contributed by atoms with Gasteiger partial charge in [0.2, 0.25) is 0 Å². The Morgan fingerprint density at radius 2 is 2.05 bits per heavy atom. The molecule has 200 valence electrons. The smallest absolute Gasteiger partial charge is 0.410 e. The van der Waals surface area contributed by atoms with Crippen LogP contribution in [0.25, 0.3) is 10.9 Å². The number of hydrogen-bond acceptors (Lipinski definition) is 7. The van der Waals surface area contributed by atoms with Gasteiger partial charge in [-0.3, -0.25) is 14.2 Å². The first-order valence-electron chi connectivity index (χ1n) is 12.1. The second kappa shape index (κ2) is 12.9. The molecule has 2 heterocycles. The third-order valence-electron chi connectivity index (χ3n) is 6.27. The number of carbonyl (C=O) groups is 2. The van der Waals surface area contributed by atoms with E-state index in [4.69, 9.17) is 16.3 Å². The Bertz CT molecular complexity index is 1400. The van der Waals surface area contributed by atoms with Crippen molar-refractivity contribution in [3.8, 4) is 0 Å². The molecule has 1 aliphatic heterocycles. The van der Waals surface area contributed by atoms with Gasteiger partial charge < -0.3 is 14.7 Å². The normalized spacial score (nSPS) is 17.4. The highest BCUT2D eigenvalue weighted by Crippen LogP contribution is 2.32. The number of thioether (sulfide) groups is 1. The van der Waals surface area contributed by atoms with E-state index in [1.165, 1.54) is 33.6 Å². The molecule has 0 bridgehead atoms. The lowest BCUT2D eigenvalue weighted by molar-refractivity contribution is -0.122. The largest absolute Gasteiger partial charge is 0.445 e. The second-order valence-electron chi connectivity index (χ2n) is 8.97. The first-order valence-corrected chi connectivity index (χ1v) is 14.2. The summed E-state index contributed by atoms with van der Waals surface area (Å²) in [7, 11) is 0. The number of fused-ring (bicyclic) bond motifs is 1. The molecular formula is C27H27BrClN3O5S. The van der Waals surface area contributed by atoms with E-state index >= 15 is 0 Å². The number of Topliss-reactive ketones (excluding diaryl/α,β-unsaturated/α-hetero) is 1. The van der Waals surface area contributed by atoms with Crippen molar-refractivity contribution in [3.63, 3.8) is 0 Å². The Hall–Kier alpha value is -2.66. The van der Waals surface area contributed by atoms with Crippen molar-refractivity contribution in [3.05, 3.63) is 80.8 Å². The number of aromatic nitrogens is 2. The molecule has 0 saturated carbocycles. The highest BCUT2D eigenvalue weighted by molar-refractivity contribution is 9.10. The van der Waals surface area contributed by atoms with Crippen LogP contribution >= 0.6 is 39.3 Å². The van der Waals surface area contributed by atoms with Crippen molar-refractivity contribution in [2.75, 3.05) is 13.2 Å². The van der Waals surface area contributed by atoms with Crippen LogP contribution in [0.4, 0.5) is 4.79 Å². The maximum Gasteiger partial charge on any atom is 0.410 e. The van der Waals surface area contributed by atoms with Gasteiger partial charge in [0.1, 0.15) is 6.61 Å². The maximum absolute atomic E-state index is 13.3. The summed E-state index contributed by atoms with van der Waals surface area (Å²) in [5.74, 6) is 0.362. The van der Waals surface area contributed by atoms with Crippen LogP contribution in [-0.2, 0) is 21.8 Å². The van der Waals surface area contributed by atoms with Crippen molar-refractivity contribution in [1.29, 1.82) is 0 Å².